The maximum atomic E-state index is 13.6. The van der Waals surface area contributed by atoms with E-state index < -0.39 is 49.2 Å². The number of nitrogens with two attached hydrogens (primary N) is 1. The van der Waals surface area contributed by atoms with Crippen molar-refractivity contribution in [3.63, 3.8) is 0 Å². The molecule has 0 fully saturated rings. The average molecular weight is 417 g/mol. The van der Waals surface area contributed by atoms with Crippen LogP contribution in [0.15, 0.2) is 60.2 Å². The van der Waals surface area contributed by atoms with Gasteiger partial charge in [0.2, 0.25) is 17.4 Å². The summed E-state index contributed by atoms with van der Waals surface area (Å²) in [7, 11) is -0.349. The number of rotatable bonds is 5. The van der Waals surface area contributed by atoms with Crippen molar-refractivity contribution in [3.8, 4) is 0 Å². The first-order valence-corrected chi connectivity index (χ1v) is 9.99. The van der Waals surface area contributed by atoms with E-state index in [9.17, 15) is 22.0 Å². The van der Waals surface area contributed by atoms with Crippen LogP contribution in [0.3, 0.4) is 0 Å². The average Bonchev–Trinajstić information content (AvgIpc) is 2.85. The molecule has 0 aromatic heterocycles. The summed E-state index contributed by atoms with van der Waals surface area (Å²) in [5.74, 6) is -4.14. The van der Waals surface area contributed by atoms with E-state index in [0.717, 1.165) is 12.1 Å². The van der Waals surface area contributed by atoms with Crippen molar-refractivity contribution in [3.05, 3.63) is 82.9 Å². The van der Waals surface area contributed by atoms with Crippen LogP contribution in [0.1, 0.15) is 11.1 Å². The highest BCUT2D eigenvalue weighted by Gasteiger charge is 2.51. The van der Waals surface area contributed by atoms with Gasteiger partial charge in [-0.25, -0.2) is 8.78 Å². The number of ether oxygens (including phenoxy) is 1. The Hall–Kier alpha value is -2.75. The number of hydrogen-bond donors (Lipinski definition) is 1. The quantitative estimate of drug-likeness (QED) is 0.491. The zero-order chi connectivity index (χ0) is 21.6. The SMILES string of the molecule is BC(B)(c1ccccc1)S(=O)(=O)OC1=C(N)O[C@](B)(c2cc(F)cc(F)c2)C1=O. The Balaban J connectivity index is 1.96. The summed E-state index contributed by atoms with van der Waals surface area (Å²) in [4.78, 5) is 12.9. The zero-order valence-corrected chi connectivity index (χ0v) is 16.7. The van der Waals surface area contributed by atoms with Crippen molar-refractivity contribution in [2.45, 2.75) is 10.0 Å². The predicted molar refractivity (Wildman–Crippen MR) is 109 cm³/mol. The second-order valence-electron chi connectivity index (χ2n) is 7.23. The van der Waals surface area contributed by atoms with E-state index >= 15 is 0 Å². The lowest BCUT2D eigenvalue weighted by Gasteiger charge is -2.26. The molecule has 0 bridgehead atoms. The monoisotopic (exact) mass is 417 g/mol. The Labute approximate surface area is 169 Å². The van der Waals surface area contributed by atoms with Crippen LogP contribution >= 0.6 is 0 Å². The maximum Gasteiger partial charge on any atom is 0.304 e. The molecule has 0 saturated carbocycles. The molecular weight excluding hydrogens is 401 g/mol. The normalized spacial score (nSPS) is 19.9. The largest absolute Gasteiger partial charge is 0.467 e. The molecule has 1 heterocycles. The minimum atomic E-state index is -4.40. The summed E-state index contributed by atoms with van der Waals surface area (Å²) in [5, 5.41) is 0. The predicted octanol–water partition coefficient (Wildman–Crippen LogP) is -1.10. The summed E-state index contributed by atoms with van der Waals surface area (Å²) < 4.78 is 61.9. The first kappa shape index (κ1) is 21.0. The van der Waals surface area contributed by atoms with Gasteiger partial charge in [0.15, 0.2) is 13.3 Å². The van der Waals surface area contributed by atoms with Gasteiger partial charge in [-0.15, -0.1) is 0 Å². The van der Waals surface area contributed by atoms with E-state index in [1.807, 2.05) is 0 Å². The molecular formula is C17H16B3F2NO5S. The summed E-state index contributed by atoms with van der Waals surface area (Å²) in [6.07, 6.45) is 0. The first-order chi connectivity index (χ1) is 13.4. The van der Waals surface area contributed by atoms with Gasteiger partial charge >= 0.3 is 10.1 Å². The van der Waals surface area contributed by atoms with E-state index in [2.05, 4.69) is 0 Å². The molecule has 2 N–H and O–H groups in total. The van der Waals surface area contributed by atoms with Crippen LogP contribution in [0.2, 0.25) is 0 Å². The summed E-state index contributed by atoms with van der Waals surface area (Å²) >= 11 is 0. The number of carbonyl (C=O) groups excluding carboxylic acids is 1. The van der Waals surface area contributed by atoms with Crippen LogP contribution in [0.5, 0.6) is 0 Å². The molecule has 1 aliphatic rings. The lowest BCUT2D eigenvalue weighted by Crippen LogP contribution is -2.40. The Bertz CT molecular complexity index is 1100. The third-order valence-electron chi connectivity index (χ3n) is 4.88. The molecule has 1 aliphatic heterocycles. The van der Waals surface area contributed by atoms with Crippen molar-refractivity contribution in [2.75, 3.05) is 0 Å². The molecule has 1 atom stereocenters. The molecule has 6 nitrogen and oxygen atoms in total. The third kappa shape index (κ3) is 3.52. The van der Waals surface area contributed by atoms with Gasteiger partial charge in [-0.3, -0.25) is 4.79 Å². The molecule has 0 radical (unpaired) electrons. The number of benzene rings is 2. The molecule has 148 valence electrons. The molecule has 0 amide bonds. The topological polar surface area (TPSA) is 95.7 Å². The molecule has 0 unspecified atom stereocenters. The highest BCUT2D eigenvalue weighted by atomic mass is 32.2. The fraction of sp³-hybridized carbons (Fsp3) is 0.118. The Kier molecular flexibility index (Phi) is 5.02. The van der Waals surface area contributed by atoms with E-state index in [1.165, 1.54) is 23.5 Å². The fourth-order valence-electron chi connectivity index (χ4n) is 2.94. The molecule has 3 rings (SSSR count). The highest BCUT2D eigenvalue weighted by molar-refractivity contribution is 7.90. The highest BCUT2D eigenvalue weighted by Crippen LogP contribution is 2.38. The molecule has 0 saturated heterocycles. The minimum Gasteiger partial charge on any atom is -0.467 e. The van der Waals surface area contributed by atoms with Gasteiger partial charge in [0.25, 0.3) is 0 Å². The summed E-state index contributed by atoms with van der Waals surface area (Å²) in [6.45, 7) is 0. The van der Waals surface area contributed by atoms with Crippen LogP contribution in [-0.4, -0.2) is 37.7 Å². The van der Waals surface area contributed by atoms with Gasteiger partial charge < -0.3 is 14.7 Å². The fourth-order valence-corrected chi connectivity index (χ4v) is 3.95. The molecule has 2 aromatic rings. The van der Waals surface area contributed by atoms with Crippen LogP contribution in [0.4, 0.5) is 8.78 Å². The first-order valence-electron chi connectivity index (χ1n) is 8.58. The zero-order valence-electron chi connectivity index (χ0n) is 15.9. The maximum absolute atomic E-state index is 13.6. The van der Waals surface area contributed by atoms with Crippen LogP contribution in [0, 0.1) is 11.6 Å². The van der Waals surface area contributed by atoms with Crippen molar-refractivity contribution >= 4 is 39.4 Å². The Morgan fingerprint density at radius 1 is 1.07 bits per heavy atom. The molecule has 2 aromatic carbocycles. The summed E-state index contributed by atoms with van der Waals surface area (Å²) in [5.41, 5.74) is 4.04. The number of hydrogen-bond acceptors (Lipinski definition) is 6. The second-order valence-corrected chi connectivity index (χ2v) is 9.33. The van der Waals surface area contributed by atoms with Gasteiger partial charge in [0, 0.05) is 6.07 Å². The molecule has 0 spiro atoms. The smallest absolute Gasteiger partial charge is 0.304 e. The lowest BCUT2D eigenvalue weighted by molar-refractivity contribution is -0.126. The van der Waals surface area contributed by atoms with E-state index in [0.29, 0.717) is 11.6 Å². The van der Waals surface area contributed by atoms with Crippen molar-refractivity contribution < 1.29 is 30.9 Å². The molecule has 29 heavy (non-hydrogen) atoms. The van der Waals surface area contributed by atoms with Gasteiger partial charge in [-0.2, -0.15) is 8.42 Å². The van der Waals surface area contributed by atoms with E-state index in [1.54, 1.807) is 30.3 Å². The number of Topliss-reactive ketones (excluding diaryl/α,β-unsaturated/α-hetero) is 1. The second kappa shape index (κ2) is 6.94. The van der Waals surface area contributed by atoms with Crippen molar-refractivity contribution in [1.82, 2.24) is 0 Å². The van der Waals surface area contributed by atoms with Gasteiger partial charge in [-0.1, -0.05) is 30.3 Å². The van der Waals surface area contributed by atoms with Crippen molar-refractivity contribution in [1.29, 1.82) is 0 Å². The van der Waals surface area contributed by atoms with Crippen molar-refractivity contribution in [2.24, 2.45) is 5.73 Å². The third-order valence-corrected chi connectivity index (χ3v) is 6.75. The summed E-state index contributed by atoms with van der Waals surface area (Å²) in [6, 6.07) is 10.7. The van der Waals surface area contributed by atoms with E-state index in [-0.39, 0.29) is 5.56 Å². The number of ketones is 1. The Morgan fingerprint density at radius 3 is 2.17 bits per heavy atom. The standard InChI is InChI=1S/C17H16B3F2NO5S/c18-16(10-6-11(21)8-12(22)7-10)14(24)13(15(23)27-16)28-29(25,26)17(19,20)9-4-2-1-3-5-9/h1-8H,18-20,23H2/t16-/m1/s1. The van der Waals surface area contributed by atoms with Gasteiger partial charge in [0.1, 0.15) is 27.3 Å². The van der Waals surface area contributed by atoms with Crippen LogP contribution in [-0.2, 0) is 33.9 Å². The lowest BCUT2D eigenvalue weighted by atomic mass is 9.65. The van der Waals surface area contributed by atoms with Crippen LogP contribution in [0.25, 0.3) is 0 Å². The molecule has 0 aliphatic carbocycles. The minimum absolute atomic E-state index is 0.165. The Morgan fingerprint density at radius 2 is 1.62 bits per heavy atom. The number of halogens is 2. The van der Waals surface area contributed by atoms with Gasteiger partial charge in [0.05, 0.1) is 4.55 Å². The van der Waals surface area contributed by atoms with Crippen LogP contribution < -0.4 is 5.73 Å². The number of carbonyl (C=O) groups is 1. The van der Waals surface area contributed by atoms with E-state index in [4.69, 9.17) is 14.7 Å². The molecule has 12 heteroatoms. The van der Waals surface area contributed by atoms with Gasteiger partial charge in [-0.05, 0) is 23.3 Å².